The maximum atomic E-state index is 12.0. The van der Waals surface area contributed by atoms with E-state index in [2.05, 4.69) is 22.6 Å². The van der Waals surface area contributed by atoms with Gasteiger partial charge >= 0.3 is 11.9 Å². The summed E-state index contributed by atoms with van der Waals surface area (Å²) in [6.07, 6.45) is 2.60. The highest BCUT2D eigenvalue weighted by molar-refractivity contribution is 14.1. The Bertz CT molecular complexity index is 874. The summed E-state index contributed by atoms with van der Waals surface area (Å²) in [6.45, 7) is 5.45. The number of hydrogen-bond donors (Lipinski definition) is 0. The van der Waals surface area contributed by atoms with Gasteiger partial charge in [-0.25, -0.2) is 9.59 Å². The largest absolute Gasteiger partial charge is 0.463 e. The third-order valence-corrected chi connectivity index (χ3v) is 5.55. The second-order valence-corrected chi connectivity index (χ2v) is 7.26. The molecule has 0 saturated carbocycles. The molecule has 0 aliphatic carbocycles. The number of fused-ring (bicyclic) bond motifs is 1. The van der Waals surface area contributed by atoms with Crippen molar-refractivity contribution in [3.63, 3.8) is 0 Å². The van der Waals surface area contributed by atoms with E-state index in [1.807, 2.05) is 6.07 Å². The van der Waals surface area contributed by atoms with Crippen molar-refractivity contribution >= 4 is 67.5 Å². The number of ether oxygens (including phenoxy) is 2. The molecule has 8 heteroatoms. The quantitative estimate of drug-likeness (QED) is 0.349. The summed E-state index contributed by atoms with van der Waals surface area (Å²) in [5.74, 6) is -1.13. The highest BCUT2D eigenvalue weighted by atomic mass is 127. The number of carbonyl (C=O) groups excluding carboxylic acids is 3. The van der Waals surface area contributed by atoms with E-state index in [9.17, 15) is 14.4 Å². The van der Waals surface area contributed by atoms with E-state index < -0.39 is 5.97 Å². The van der Waals surface area contributed by atoms with Gasteiger partial charge in [0.2, 0.25) is 5.91 Å². The van der Waals surface area contributed by atoms with Gasteiger partial charge in [0.15, 0.2) is 0 Å². The van der Waals surface area contributed by atoms with Crippen LogP contribution in [-0.4, -0.2) is 31.1 Å². The molecule has 0 aliphatic heterocycles. The average molecular weight is 487 g/mol. The number of nitrogens with zero attached hydrogens (tertiary/aromatic N) is 1. The van der Waals surface area contributed by atoms with Crippen molar-refractivity contribution in [3.8, 4) is 0 Å². The van der Waals surface area contributed by atoms with Crippen LogP contribution in [0.2, 0.25) is 0 Å². The third-order valence-electron chi connectivity index (χ3n) is 3.34. The van der Waals surface area contributed by atoms with Crippen LogP contribution >= 0.6 is 33.9 Å². The molecular weight excluding hydrogens is 469 g/mol. The predicted octanol–water partition coefficient (Wildman–Crippen LogP) is 4.11. The summed E-state index contributed by atoms with van der Waals surface area (Å²) in [4.78, 5) is 37.4. The van der Waals surface area contributed by atoms with E-state index in [1.165, 1.54) is 35.4 Å². The van der Waals surface area contributed by atoms with E-state index in [4.69, 9.17) is 9.47 Å². The molecule has 2 aromatic rings. The Morgan fingerprint density at radius 2 is 1.88 bits per heavy atom. The van der Waals surface area contributed by atoms with Crippen LogP contribution in [0.1, 0.15) is 30.4 Å². The van der Waals surface area contributed by atoms with Crippen LogP contribution in [0.3, 0.4) is 0 Å². The second kappa shape index (κ2) is 9.13. The van der Waals surface area contributed by atoms with Crippen LogP contribution in [0.5, 0.6) is 0 Å². The molecule has 0 spiro atoms. The highest BCUT2D eigenvalue weighted by Crippen LogP contribution is 2.35. The average Bonchev–Trinajstić information content (AvgIpc) is 3.02. The Kier molecular flexibility index (Phi) is 7.15. The Labute approximate surface area is 168 Å². The normalized spacial score (nSPS) is 10.9. The van der Waals surface area contributed by atoms with Crippen molar-refractivity contribution in [3.05, 3.63) is 38.9 Å². The van der Waals surface area contributed by atoms with Crippen LogP contribution in [0.25, 0.3) is 10.1 Å². The second-order valence-electron chi connectivity index (χ2n) is 5.10. The molecule has 1 aromatic heterocycles. The van der Waals surface area contributed by atoms with Gasteiger partial charge in [0.05, 0.1) is 18.9 Å². The van der Waals surface area contributed by atoms with Crippen molar-refractivity contribution in [2.75, 3.05) is 18.1 Å². The molecule has 1 aromatic carbocycles. The maximum Gasteiger partial charge on any atom is 0.348 e. The fourth-order valence-corrected chi connectivity index (χ4v) is 4.27. The molecule has 0 atom stereocenters. The highest BCUT2D eigenvalue weighted by Gasteiger charge is 2.18. The lowest BCUT2D eigenvalue weighted by atomic mass is 10.2. The minimum atomic E-state index is -0.519. The monoisotopic (exact) mass is 487 g/mol. The van der Waals surface area contributed by atoms with Crippen LogP contribution in [0.15, 0.2) is 30.5 Å². The van der Waals surface area contributed by atoms with E-state index in [0.29, 0.717) is 17.2 Å². The lowest BCUT2D eigenvalue weighted by Crippen LogP contribution is -2.23. The molecule has 138 valence electrons. The van der Waals surface area contributed by atoms with Gasteiger partial charge in [0.25, 0.3) is 0 Å². The molecular formula is C18H18INO5S. The number of anilines is 1. The number of thiophene rings is 1. The predicted molar refractivity (Wildman–Crippen MR) is 109 cm³/mol. The number of carbonyl (C=O) groups is 3. The summed E-state index contributed by atoms with van der Waals surface area (Å²) in [6, 6.07) is 5.39. The van der Waals surface area contributed by atoms with Gasteiger partial charge in [-0.05, 0) is 54.6 Å². The zero-order valence-corrected chi connectivity index (χ0v) is 17.5. The van der Waals surface area contributed by atoms with Crippen molar-refractivity contribution in [2.24, 2.45) is 0 Å². The molecule has 0 N–H and O–H groups in total. The van der Waals surface area contributed by atoms with E-state index >= 15 is 0 Å². The fraction of sp³-hybridized carbons (Fsp3) is 0.278. The lowest BCUT2D eigenvalue weighted by Gasteiger charge is -2.18. The molecule has 0 aliphatic rings. The summed E-state index contributed by atoms with van der Waals surface area (Å²) in [5, 5.41) is 0.854. The molecule has 0 bridgehead atoms. The van der Waals surface area contributed by atoms with Gasteiger partial charge in [-0.1, -0.05) is 0 Å². The van der Waals surface area contributed by atoms with Gasteiger partial charge in [-0.2, -0.15) is 0 Å². The number of esters is 2. The van der Waals surface area contributed by atoms with E-state index in [0.717, 1.165) is 13.7 Å². The number of rotatable bonds is 6. The SMILES string of the molecule is CCOC(=O)/C=C/N(C(C)=O)c1ccc2sc(C(=O)OCC)cc2c1I. The van der Waals surface area contributed by atoms with E-state index in [1.54, 1.807) is 26.0 Å². The van der Waals surface area contributed by atoms with Crippen molar-refractivity contribution < 1.29 is 23.9 Å². The number of hydrogen-bond acceptors (Lipinski definition) is 6. The first-order valence-electron chi connectivity index (χ1n) is 7.92. The number of benzene rings is 1. The third kappa shape index (κ3) is 4.61. The van der Waals surface area contributed by atoms with Crippen LogP contribution in [0.4, 0.5) is 5.69 Å². The Morgan fingerprint density at radius 1 is 1.19 bits per heavy atom. The molecule has 6 nitrogen and oxygen atoms in total. The molecule has 1 heterocycles. The van der Waals surface area contributed by atoms with Gasteiger partial charge in [0.1, 0.15) is 4.88 Å². The fourth-order valence-electron chi connectivity index (χ4n) is 2.24. The molecule has 0 fully saturated rings. The lowest BCUT2D eigenvalue weighted by molar-refractivity contribution is -0.137. The van der Waals surface area contributed by atoms with Gasteiger partial charge < -0.3 is 9.47 Å². The van der Waals surface area contributed by atoms with Gasteiger partial charge in [0, 0.05) is 32.9 Å². The summed E-state index contributed by atoms with van der Waals surface area (Å²) in [7, 11) is 0. The number of halogens is 1. The topological polar surface area (TPSA) is 72.9 Å². The number of amides is 1. The summed E-state index contributed by atoms with van der Waals surface area (Å²) >= 11 is 3.47. The minimum absolute atomic E-state index is 0.247. The maximum absolute atomic E-state index is 12.0. The first-order valence-corrected chi connectivity index (χ1v) is 9.82. The molecule has 2 rings (SSSR count). The molecule has 1 amide bonds. The van der Waals surface area contributed by atoms with Crippen molar-refractivity contribution in [1.82, 2.24) is 0 Å². The minimum Gasteiger partial charge on any atom is -0.463 e. The van der Waals surface area contributed by atoms with Crippen LogP contribution in [0, 0.1) is 3.57 Å². The Balaban J connectivity index is 2.43. The molecule has 26 heavy (non-hydrogen) atoms. The Hall–Kier alpha value is -1.94. The van der Waals surface area contributed by atoms with Crippen molar-refractivity contribution in [2.45, 2.75) is 20.8 Å². The molecule has 0 radical (unpaired) electrons. The molecule has 0 unspecified atom stereocenters. The zero-order chi connectivity index (χ0) is 19.3. The van der Waals surface area contributed by atoms with Crippen LogP contribution < -0.4 is 4.90 Å². The first-order chi connectivity index (χ1) is 12.4. The van der Waals surface area contributed by atoms with Crippen molar-refractivity contribution in [1.29, 1.82) is 0 Å². The first kappa shape index (κ1) is 20.4. The zero-order valence-electron chi connectivity index (χ0n) is 14.6. The van der Waals surface area contributed by atoms with E-state index in [-0.39, 0.29) is 18.5 Å². The van der Waals surface area contributed by atoms with Crippen LogP contribution in [-0.2, 0) is 19.1 Å². The Morgan fingerprint density at radius 3 is 2.50 bits per heavy atom. The molecule has 0 saturated heterocycles. The smallest absolute Gasteiger partial charge is 0.348 e. The summed E-state index contributed by atoms with van der Waals surface area (Å²) < 4.78 is 11.6. The summed E-state index contributed by atoms with van der Waals surface area (Å²) in [5.41, 5.74) is 0.624. The van der Waals surface area contributed by atoms with Gasteiger partial charge in [-0.15, -0.1) is 11.3 Å². The standard InChI is InChI=1S/C18H18INO5S/c1-4-24-16(22)8-9-20(11(3)21)13-6-7-14-12(17(13)19)10-15(26-14)18(23)25-5-2/h6-10H,4-5H2,1-3H3/b9-8+. The van der Waals surface area contributed by atoms with Gasteiger partial charge in [-0.3, -0.25) is 9.69 Å².